The Bertz CT molecular complexity index is 1560. The van der Waals surface area contributed by atoms with E-state index in [9.17, 15) is 14.4 Å². The number of rotatable bonds is 6. The number of ether oxygens (including phenoxy) is 3. The van der Waals surface area contributed by atoms with Gasteiger partial charge in [-0.05, 0) is 57.1 Å². The number of nitrogens with zero attached hydrogens (tertiary/aromatic N) is 3. The van der Waals surface area contributed by atoms with Gasteiger partial charge in [-0.25, -0.2) is 9.78 Å². The molecule has 2 saturated carbocycles. The van der Waals surface area contributed by atoms with Crippen molar-refractivity contribution in [2.24, 2.45) is 17.8 Å². The van der Waals surface area contributed by atoms with Crippen LogP contribution >= 0.6 is 0 Å². The molecule has 3 fully saturated rings. The lowest BCUT2D eigenvalue weighted by Gasteiger charge is -2.26. The van der Waals surface area contributed by atoms with E-state index in [0.717, 1.165) is 37.7 Å². The number of benzene rings is 2. The maximum atomic E-state index is 14.0. The standard InChI is InChI=1S/C35H42N4O6/c1-4-44-34(42)35-21-23(35)14-10-5-6-11-17-39(2)33(41)28-19-25(18-27(28)31(40)38-35)45-32-26-16-15-24(43-3)20-29(26)36-30(37-32)22-12-8-7-9-13-22/h7-9,12-13,15-16,20,23,25,27-28H,4-6,10-11,14,17-19,21H2,1-3H3,(H,38,40)/t23-,25-,27-,28-,35-/m1/s1. The summed E-state index contributed by atoms with van der Waals surface area (Å²) < 4.78 is 17.5. The van der Waals surface area contributed by atoms with Crippen LogP contribution in [-0.2, 0) is 19.1 Å². The number of hydrogen-bond donors (Lipinski definition) is 1. The van der Waals surface area contributed by atoms with E-state index >= 15 is 0 Å². The monoisotopic (exact) mass is 614 g/mol. The minimum Gasteiger partial charge on any atom is -0.497 e. The molecule has 3 aromatic rings. The van der Waals surface area contributed by atoms with Gasteiger partial charge in [-0.15, -0.1) is 0 Å². The number of nitrogens with one attached hydrogen (secondary N) is 1. The van der Waals surface area contributed by atoms with Crippen LogP contribution in [-0.4, -0.2) is 71.6 Å². The highest BCUT2D eigenvalue weighted by molar-refractivity contribution is 5.94. The third-order valence-corrected chi connectivity index (χ3v) is 9.62. The van der Waals surface area contributed by atoms with Crippen molar-refractivity contribution >= 4 is 28.7 Å². The van der Waals surface area contributed by atoms with Gasteiger partial charge in [-0.1, -0.05) is 49.6 Å². The van der Waals surface area contributed by atoms with Crippen molar-refractivity contribution in [2.45, 2.75) is 69.9 Å². The van der Waals surface area contributed by atoms with Gasteiger partial charge in [0.15, 0.2) is 5.82 Å². The minimum atomic E-state index is -1.01. The lowest BCUT2D eigenvalue weighted by atomic mass is 9.92. The maximum Gasteiger partial charge on any atom is 0.332 e. The van der Waals surface area contributed by atoms with Gasteiger partial charge in [-0.3, -0.25) is 9.59 Å². The van der Waals surface area contributed by atoms with E-state index in [1.54, 1.807) is 18.9 Å². The predicted molar refractivity (Wildman–Crippen MR) is 168 cm³/mol. The van der Waals surface area contributed by atoms with Crippen LogP contribution in [0.3, 0.4) is 0 Å². The lowest BCUT2D eigenvalue weighted by molar-refractivity contribution is -0.150. The Hall–Kier alpha value is -4.21. The summed E-state index contributed by atoms with van der Waals surface area (Å²) in [7, 11) is 3.42. The van der Waals surface area contributed by atoms with Crippen molar-refractivity contribution in [1.82, 2.24) is 20.2 Å². The fourth-order valence-electron chi connectivity index (χ4n) is 7.01. The number of esters is 1. The molecule has 0 bridgehead atoms. The molecule has 3 aliphatic rings. The average Bonchev–Trinajstić information content (AvgIpc) is 3.59. The van der Waals surface area contributed by atoms with Crippen molar-refractivity contribution in [1.29, 1.82) is 0 Å². The van der Waals surface area contributed by atoms with Crippen LogP contribution in [0.2, 0.25) is 0 Å². The minimum absolute atomic E-state index is 0.0505. The van der Waals surface area contributed by atoms with Crippen LogP contribution in [0.4, 0.5) is 0 Å². The van der Waals surface area contributed by atoms with Gasteiger partial charge >= 0.3 is 5.97 Å². The van der Waals surface area contributed by atoms with Gasteiger partial charge in [0.1, 0.15) is 17.4 Å². The largest absolute Gasteiger partial charge is 0.497 e. The first-order chi connectivity index (χ1) is 21.8. The number of carbonyl (C=O) groups excluding carboxylic acids is 3. The Morgan fingerprint density at radius 1 is 1.02 bits per heavy atom. The number of methoxy groups -OCH3 is 1. The Morgan fingerprint density at radius 2 is 1.80 bits per heavy atom. The number of carbonyl (C=O) groups is 3. The van der Waals surface area contributed by atoms with Crippen LogP contribution < -0.4 is 14.8 Å². The third kappa shape index (κ3) is 6.32. The predicted octanol–water partition coefficient (Wildman–Crippen LogP) is 4.94. The van der Waals surface area contributed by atoms with E-state index in [1.165, 1.54) is 0 Å². The molecule has 2 aromatic carbocycles. The van der Waals surface area contributed by atoms with Crippen molar-refractivity contribution in [3.8, 4) is 23.0 Å². The van der Waals surface area contributed by atoms with Gasteiger partial charge in [0, 0.05) is 25.2 Å². The van der Waals surface area contributed by atoms with Crippen LogP contribution in [0.25, 0.3) is 22.3 Å². The molecule has 10 nitrogen and oxygen atoms in total. The van der Waals surface area contributed by atoms with Crippen molar-refractivity contribution in [2.75, 3.05) is 27.3 Å². The van der Waals surface area contributed by atoms with Crippen LogP contribution in [0.1, 0.15) is 58.3 Å². The second-order valence-corrected chi connectivity index (χ2v) is 12.6. The summed E-state index contributed by atoms with van der Waals surface area (Å²) >= 11 is 0. The fourth-order valence-corrected chi connectivity index (χ4v) is 7.01. The zero-order chi connectivity index (χ0) is 31.6. The Labute approximate surface area is 263 Å². The van der Waals surface area contributed by atoms with Crippen LogP contribution in [0, 0.1) is 17.8 Å². The maximum absolute atomic E-state index is 14.0. The van der Waals surface area contributed by atoms with Crippen molar-refractivity contribution in [3.63, 3.8) is 0 Å². The van der Waals surface area contributed by atoms with E-state index in [1.807, 2.05) is 55.6 Å². The normalized spacial score (nSPS) is 27.1. The first-order valence-electron chi connectivity index (χ1n) is 16.1. The zero-order valence-corrected chi connectivity index (χ0v) is 26.3. The summed E-state index contributed by atoms with van der Waals surface area (Å²) in [6.45, 7) is 2.67. The van der Waals surface area contributed by atoms with Crippen molar-refractivity contribution < 1.29 is 28.6 Å². The van der Waals surface area contributed by atoms with Crippen molar-refractivity contribution in [3.05, 3.63) is 48.5 Å². The highest BCUT2D eigenvalue weighted by Gasteiger charge is 2.62. The van der Waals surface area contributed by atoms with Gasteiger partial charge < -0.3 is 24.4 Å². The molecule has 45 heavy (non-hydrogen) atoms. The van der Waals surface area contributed by atoms with E-state index < -0.39 is 23.5 Å². The zero-order valence-electron chi connectivity index (χ0n) is 26.3. The van der Waals surface area contributed by atoms with E-state index in [-0.39, 0.29) is 30.3 Å². The molecular formula is C35H42N4O6. The Balaban J connectivity index is 1.31. The highest BCUT2D eigenvalue weighted by atomic mass is 16.5. The van der Waals surface area contributed by atoms with E-state index in [0.29, 0.717) is 54.2 Å². The summed E-state index contributed by atoms with van der Waals surface area (Å²) in [5, 5.41) is 3.80. The second-order valence-electron chi connectivity index (χ2n) is 12.6. The Morgan fingerprint density at radius 3 is 2.58 bits per heavy atom. The molecule has 2 amide bonds. The molecule has 1 N–H and O–H groups in total. The summed E-state index contributed by atoms with van der Waals surface area (Å²) in [5.74, 6) is -0.359. The molecule has 6 rings (SSSR count). The van der Waals surface area contributed by atoms with E-state index in [2.05, 4.69) is 5.32 Å². The third-order valence-electron chi connectivity index (χ3n) is 9.62. The molecular weight excluding hydrogens is 572 g/mol. The van der Waals surface area contributed by atoms with Gasteiger partial charge in [0.2, 0.25) is 17.7 Å². The summed E-state index contributed by atoms with van der Waals surface area (Å²) in [4.78, 5) is 52.3. The number of hydrogen-bond acceptors (Lipinski definition) is 8. The number of fused-ring (bicyclic) bond motifs is 3. The van der Waals surface area contributed by atoms with Gasteiger partial charge in [0.05, 0.1) is 36.5 Å². The van der Waals surface area contributed by atoms with Gasteiger partial charge in [-0.2, -0.15) is 4.98 Å². The molecule has 0 radical (unpaired) electrons. The van der Waals surface area contributed by atoms with E-state index in [4.69, 9.17) is 24.2 Å². The smallest absolute Gasteiger partial charge is 0.332 e. The number of aromatic nitrogens is 2. The van der Waals surface area contributed by atoms with Gasteiger partial charge in [0.25, 0.3) is 0 Å². The molecule has 0 spiro atoms. The second kappa shape index (κ2) is 13.0. The molecule has 1 aromatic heterocycles. The number of amides is 2. The first kappa shape index (κ1) is 30.8. The highest BCUT2D eigenvalue weighted by Crippen LogP contribution is 2.49. The SMILES string of the molecule is CCOC(=O)[C@@]12C[C@H]1CCCCCCN(C)C(=O)[C@@H]1C[C@H](Oc3nc(-c4ccccc4)nc4cc(OC)ccc34)C[C@H]1C(=O)N2. The molecule has 1 saturated heterocycles. The topological polar surface area (TPSA) is 120 Å². The van der Waals surface area contributed by atoms with Crippen LogP contribution in [0.5, 0.6) is 11.6 Å². The molecule has 5 atom stereocenters. The quantitative estimate of drug-likeness (QED) is 0.388. The first-order valence-corrected chi connectivity index (χ1v) is 16.1. The molecule has 2 heterocycles. The molecule has 2 aliphatic carbocycles. The summed E-state index contributed by atoms with van der Waals surface area (Å²) in [6.07, 6.45) is 5.58. The summed E-state index contributed by atoms with van der Waals surface area (Å²) in [6, 6.07) is 15.2. The molecule has 1 aliphatic heterocycles. The molecule has 0 unspecified atom stereocenters. The van der Waals surface area contributed by atoms with Crippen LogP contribution in [0.15, 0.2) is 48.5 Å². The average molecular weight is 615 g/mol. The summed E-state index contributed by atoms with van der Waals surface area (Å²) in [5.41, 5.74) is 0.493. The molecule has 238 valence electrons. The fraction of sp³-hybridized carbons (Fsp3) is 0.514. The Kier molecular flexibility index (Phi) is 8.92. The lowest BCUT2D eigenvalue weighted by Crippen LogP contribution is -2.50. The molecule has 10 heteroatoms.